The summed E-state index contributed by atoms with van der Waals surface area (Å²) in [5.41, 5.74) is 1.73. The maximum absolute atomic E-state index is 13.0. The van der Waals surface area contributed by atoms with Gasteiger partial charge in [0.25, 0.3) is 5.78 Å². The number of hydrogen-bond donors (Lipinski definition) is 1. The van der Waals surface area contributed by atoms with E-state index in [2.05, 4.69) is 37.4 Å². The summed E-state index contributed by atoms with van der Waals surface area (Å²) in [6, 6.07) is 16.2. The van der Waals surface area contributed by atoms with E-state index in [-0.39, 0.29) is 11.8 Å². The lowest BCUT2D eigenvalue weighted by Crippen LogP contribution is -2.41. The zero-order valence-electron chi connectivity index (χ0n) is 16.2. The van der Waals surface area contributed by atoms with Gasteiger partial charge in [0.2, 0.25) is 5.91 Å². The van der Waals surface area contributed by atoms with Crippen molar-refractivity contribution in [1.29, 1.82) is 0 Å². The van der Waals surface area contributed by atoms with Gasteiger partial charge in [0.15, 0.2) is 0 Å². The third-order valence-electron chi connectivity index (χ3n) is 5.49. The number of fused-ring (bicyclic) bond motifs is 2. The number of nitrogens with one attached hydrogen (secondary N) is 1. The Morgan fingerprint density at radius 1 is 1.14 bits per heavy atom. The summed E-state index contributed by atoms with van der Waals surface area (Å²) in [4.78, 5) is 23.8. The van der Waals surface area contributed by atoms with Crippen LogP contribution in [0.2, 0.25) is 0 Å². The Kier molecular flexibility index (Phi) is 4.35. The van der Waals surface area contributed by atoms with E-state index in [0.717, 1.165) is 42.0 Å². The first-order valence-electron chi connectivity index (χ1n) is 9.89. The molecule has 0 spiro atoms. The average Bonchev–Trinajstić information content (AvgIpc) is 3.21. The average molecular weight is 386 g/mol. The maximum Gasteiger partial charge on any atom is 0.254 e. The van der Waals surface area contributed by atoms with Gasteiger partial charge in [-0.15, -0.1) is 0 Å². The normalized spacial score (nSPS) is 17.0. The Bertz CT molecular complexity index is 1200. The van der Waals surface area contributed by atoms with Crippen molar-refractivity contribution in [3.05, 3.63) is 60.6 Å². The second-order valence-corrected chi connectivity index (χ2v) is 7.56. The number of carbonyl (C=O) groups excluding carboxylic acids is 1. The Hall–Kier alpha value is -3.48. The van der Waals surface area contributed by atoms with Crippen molar-refractivity contribution in [3.8, 4) is 0 Å². The quantitative estimate of drug-likeness (QED) is 0.584. The molecule has 1 aliphatic rings. The lowest BCUT2D eigenvalue weighted by molar-refractivity contribution is -0.120. The first kappa shape index (κ1) is 17.6. The highest BCUT2D eigenvalue weighted by molar-refractivity contribution is 5.96. The molecule has 1 atom stereocenters. The van der Waals surface area contributed by atoms with Gasteiger partial charge in [-0.25, -0.2) is 4.98 Å². The number of benzene rings is 2. The number of aryl methyl sites for hydroxylation is 1. The molecular formula is C22H22N6O. The number of amides is 1. The molecule has 1 amide bonds. The van der Waals surface area contributed by atoms with E-state index in [0.29, 0.717) is 12.3 Å². The molecule has 4 aromatic rings. The van der Waals surface area contributed by atoms with Crippen LogP contribution in [0.15, 0.2) is 54.9 Å². The fourth-order valence-electron chi connectivity index (χ4n) is 4.05. The van der Waals surface area contributed by atoms with Crippen LogP contribution in [0.25, 0.3) is 16.6 Å². The molecule has 7 nitrogen and oxygen atoms in total. The van der Waals surface area contributed by atoms with Gasteiger partial charge in [0.1, 0.15) is 12.1 Å². The fraction of sp³-hybridized carbons (Fsp3) is 0.273. The Labute approximate surface area is 168 Å². The third-order valence-corrected chi connectivity index (χ3v) is 5.49. The Morgan fingerprint density at radius 2 is 2.00 bits per heavy atom. The summed E-state index contributed by atoms with van der Waals surface area (Å²) < 4.78 is 1.75. The van der Waals surface area contributed by atoms with E-state index in [4.69, 9.17) is 0 Å². The topological polar surface area (TPSA) is 75.4 Å². The van der Waals surface area contributed by atoms with Crippen LogP contribution in [0.4, 0.5) is 11.5 Å². The van der Waals surface area contributed by atoms with Gasteiger partial charge < -0.3 is 10.2 Å². The second kappa shape index (κ2) is 7.16. The monoisotopic (exact) mass is 386 g/mol. The van der Waals surface area contributed by atoms with E-state index in [9.17, 15) is 4.79 Å². The fourth-order valence-corrected chi connectivity index (χ4v) is 4.05. The third kappa shape index (κ3) is 3.40. The molecule has 2 aromatic carbocycles. The number of piperidine rings is 1. The highest BCUT2D eigenvalue weighted by Crippen LogP contribution is 2.25. The van der Waals surface area contributed by atoms with Crippen molar-refractivity contribution in [2.75, 3.05) is 23.3 Å². The number of carbonyl (C=O) groups is 1. The molecule has 1 aliphatic heterocycles. The van der Waals surface area contributed by atoms with Gasteiger partial charge in [-0.05, 0) is 42.7 Å². The number of anilines is 2. The minimum absolute atomic E-state index is 0.0607. The van der Waals surface area contributed by atoms with Gasteiger partial charge in [-0.3, -0.25) is 4.79 Å². The lowest BCUT2D eigenvalue weighted by Gasteiger charge is -2.33. The number of rotatable bonds is 3. The highest BCUT2D eigenvalue weighted by atomic mass is 16.1. The van der Waals surface area contributed by atoms with Crippen molar-refractivity contribution >= 4 is 34.0 Å². The van der Waals surface area contributed by atoms with Crippen LogP contribution in [0, 0.1) is 12.8 Å². The van der Waals surface area contributed by atoms with Crippen LogP contribution < -0.4 is 10.2 Å². The van der Waals surface area contributed by atoms with Gasteiger partial charge in [0, 0.05) is 30.5 Å². The van der Waals surface area contributed by atoms with E-state index in [1.165, 1.54) is 11.7 Å². The van der Waals surface area contributed by atoms with E-state index in [1.807, 2.05) is 43.3 Å². The van der Waals surface area contributed by atoms with Crippen LogP contribution in [-0.4, -0.2) is 38.6 Å². The van der Waals surface area contributed by atoms with E-state index < -0.39 is 0 Å². The molecule has 29 heavy (non-hydrogen) atoms. The smallest absolute Gasteiger partial charge is 0.254 e. The van der Waals surface area contributed by atoms with E-state index in [1.54, 1.807) is 4.52 Å². The molecule has 0 radical (unpaired) electrons. The summed E-state index contributed by atoms with van der Waals surface area (Å²) in [5, 5.41) is 9.70. The van der Waals surface area contributed by atoms with Crippen LogP contribution in [0.5, 0.6) is 0 Å². The summed E-state index contributed by atoms with van der Waals surface area (Å²) >= 11 is 0. The van der Waals surface area contributed by atoms with Crippen LogP contribution in [0.1, 0.15) is 18.5 Å². The molecule has 1 fully saturated rings. The van der Waals surface area contributed by atoms with Crippen molar-refractivity contribution in [3.63, 3.8) is 0 Å². The molecule has 0 bridgehead atoms. The van der Waals surface area contributed by atoms with Gasteiger partial charge >= 0.3 is 0 Å². The van der Waals surface area contributed by atoms with Gasteiger partial charge in [0.05, 0.1) is 5.92 Å². The van der Waals surface area contributed by atoms with E-state index >= 15 is 0 Å². The van der Waals surface area contributed by atoms with Crippen molar-refractivity contribution in [1.82, 2.24) is 19.6 Å². The zero-order chi connectivity index (χ0) is 19.8. The molecule has 0 aliphatic carbocycles. The summed E-state index contributed by atoms with van der Waals surface area (Å²) in [7, 11) is 0. The molecule has 0 saturated carbocycles. The van der Waals surface area contributed by atoms with Crippen molar-refractivity contribution in [2.24, 2.45) is 5.92 Å². The first-order chi connectivity index (χ1) is 14.2. The molecule has 1 N–H and O–H groups in total. The number of hydrogen-bond acceptors (Lipinski definition) is 5. The zero-order valence-corrected chi connectivity index (χ0v) is 16.2. The SMILES string of the molecule is Cc1cc(N2CCCC(C(=O)Nc3ccc4ccccc4c3)C2)n2ncnc2n1. The summed E-state index contributed by atoms with van der Waals surface area (Å²) in [6.45, 7) is 3.49. The highest BCUT2D eigenvalue weighted by Gasteiger charge is 2.27. The van der Waals surface area contributed by atoms with Crippen molar-refractivity contribution < 1.29 is 4.79 Å². The molecule has 5 rings (SSSR count). The van der Waals surface area contributed by atoms with Crippen LogP contribution in [-0.2, 0) is 4.79 Å². The standard InChI is InChI=1S/C22H22N6O/c1-15-11-20(28-22(25-15)23-14-24-28)27-10-4-7-18(13-27)21(29)26-19-9-8-16-5-2-3-6-17(16)12-19/h2-3,5-6,8-9,11-12,14,18H,4,7,10,13H2,1H3,(H,26,29). The molecule has 3 heterocycles. The minimum Gasteiger partial charge on any atom is -0.356 e. The molecule has 1 saturated heterocycles. The maximum atomic E-state index is 13.0. The van der Waals surface area contributed by atoms with Crippen molar-refractivity contribution in [2.45, 2.75) is 19.8 Å². The molecular weight excluding hydrogens is 364 g/mol. The largest absolute Gasteiger partial charge is 0.356 e. The summed E-state index contributed by atoms with van der Waals surface area (Å²) in [6.07, 6.45) is 3.34. The predicted molar refractivity (Wildman–Crippen MR) is 113 cm³/mol. The van der Waals surface area contributed by atoms with Crippen LogP contribution in [0.3, 0.4) is 0 Å². The molecule has 146 valence electrons. The number of aromatic nitrogens is 4. The Morgan fingerprint density at radius 3 is 2.90 bits per heavy atom. The predicted octanol–water partition coefficient (Wildman–Crippen LogP) is 3.44. The molecule has 7 heteroatoms. The molecule has 2 aromatic heterocycles. The number of nitrogens with zero attached hydrogens (tertiary/aromatic N) is 5. The minimum atomic E-state index is -0.0812. The second-order valence-electron chi connectivity index (χ2n) is 7.56. The van der Waals surface area contributed by atoms with Gasteiger partial charge in [-0.2, -0.15) is 14.6 Å². The van der Waals surface area contributed by atoms with Crippen LogP contribution >= 0.6 is 0 Å². The lowest BCUT2D eigenvalue weighted by atomic mass is 9.97. The summed E-state index contributed by atoms with van der Waals surface area (Å²) in [5.74, 6) is 1.50. The molecule has 1 unspecified atom stereocenters. The Balaban J connectivity index is 1.35. The van der Waals surface area contributed by atoms with Gasteiger partial charge in [-0.1, -0.05) is 30.3 Å². The first-order valence-corrected chi connectivity index (χ1v) is 9.89.